The van der Waals surface area contributed by atoms with Crippen molar-refractivity contribution < 1.29 is 4.79 Å². The van der Waals surface area contributed by atoms with Gasteiger partial charge in [-0.25, -0.2) is 4.98 Å². The molecular formula is C23H25BrN4OS. The van der Waals surface area contributed by atoms with Gasteiger partial charge < -0.3 is 10.2 Å². The molecular weight excluding hydrogens is 460 g/mol. The van der Waals surface area contributed by atoms with E-state index in [1.165, 1.54) is 22.7 Å². The summed E-state index contributed by atoms with van der Waals surface area (Å²) in [5, 5.41) is 4.09. The number of carbonyl (C=O) groups excluding carboxylic acids is 1. The van der Waals surface area contributed by atoms with Gasteiger partial charge >= 0.3 is 0 Å². The summed E-state index contributed by atoms with van der Waals surface area (Å²) in [6, 6.07) is 16.0. The summed E-state index contributed by atoms with van der Waals surface area (Å²) in [6.07, 6.45) is 2.87. The second-order valence-corrected chi connectivity index (χ2v) is 9.45. The topological polar surface area (TPSA) is 58.1 Å². The molecule has 1 amide bonds. The van der Waals surface area contributed by atoms with Crippen LogP contribution in [0.15, 0.2) is 53.0 Å². The minimum atomic E-state index is -0.00481. The average Bonchev–Trinajstić information content (AvgIpc) is 3.23. The predicted octanol–water partition coefficient (Wildman–Crippen LogP) is 4.85. The zero-order chi connectivity index (χ0) is 20.9. The molecule has 4 rings (SSSR count). The number of piperidine rings is 1. The number of nitrogens with zero attached hydrogens (tertiary/aromatic N) is 3. The Morgan fingerprint density at radius 3 is 2.53 bits per heavy atom. The molecule has 1 aliphatic heterocycles. The number of aromatic nitrogens is 2. The van der Waals surface area contributed by atoms with E-state index in [0.717, 1.165) is 54.3 Å². The van der Waals surface area contributed by atoms with Crippen molar-refractivity contribution in [1.29, 1.82) is 0 Å². The van der Waals surface area contributed by atoms with Crippen LogP contribution in [0.5, 0.6) is 0 Å². The highest BCUT2D eigenvalue weighted by Gasteiger charge is 2.22. The van der Waals surface area contributed by atoms with E-state index in [1.54, 1.807) is 0 Å². The second kappa shape index (κ2) is 9.71. The monoisotopic (exact) mass is 484 g/mol. The lowest BCUT2D eigenvalue weighted by Gasteiger charge is -2.31. The minimum Gasteiger partial charge on any atom is -0.352 e. The van der Waals surface area contributed by atoms with Crippen LogP contribution in [0.4, 0.5) is 5.13 Å². The molecule has 2 aromatic carbocycles. The quantitative estimate of drug-likeness (QED) is 0.543. The normalized spacial score (nSPS) is 14.7. The van der Waals surface area contributed by atoms with Gasteiger partial charge in [-0.1, -0.05) is 45.8 Å². The van der Waals surface area contributed by atoms with E-state index in [9.17, 15) is 4.79 Å². The Bertz CT molecular complexity index is 979. The van der Waals surface area contributed by atoms with Gasteiger partial charge in [0.15, 0.2) is 0 Å². The summed E-state index contributed by atoms with van der Waals surface area (Å²) < 4.78 is 5.53. The van der Waals surface area contributed by atoms with E-state index < -0.39 is 0 Å². The van der Waals surface area contributed by atoms with Gasteiger partial charge in [0.05, 0.1) is 0 Å². The Morgan fingerprint density at radius 1 is 1.13 bits per heavy atom. The van der Waals surface area contributed by atoms with Crippen molar-refractivity contribution >= 4 is 38.5 Å². The Hall–Kier alpha value is -2.25. The molecule has 30 heavy (non-hydrogen) atoms. The summed E-state index contributed by atoms with van der Waals surface area (Å²) in [4.78, 5) is 19.4. The predicted molar refractivity (Wildman–Crippen MR) is 125 cm³/mol. The van der Waals surface area contributed by atoms with Crippen LogP contribution in [0.3, 0.4) is 0 Å². The van der Waals surface area contributed by atoms with Gasteiger partial charge in [-0.2, -0.15) is 4.37 Å². The van der Waals surface area contributed by atoms with Gasteiger partial charge in [0, 0.05) is 47.6 Å². The van der Waals surface area contributed by atoms with E-state index in [1.807, 2.05) is 24.3 Å². The number of nitrogens with one attached hydrogen (secondary N) is 1. The van der Waals surface area contributed by atoms with Crippen molar-refractivity contribution in [2.45, 2.75) is 26.2 Å². The van der Waals surface area contributed by atoms with Crippen LogP contribution in [0, 0.1) is 12.8 Å². The zero-order valence-corrected chi connectivity index (χ0v) is 19.4. The van der Waals surface area contributed by atoms with E-state index >= 15 is 0 Å². The summed E-state index contributed by atoms with van der Waals surface area (Å²) in [7, 11) is 0. The number of rotatable bonds is 6. The first-order valence-electron chi connectivity index (χ1n) is 10.2. The Labute approximate surface area is 189 Å². The maximum atomic E-state index is 12.3. The number of aryl methyl sites for hydroxylation is 1. The summed E-state index contributed by atoms with van der Waals surface area (Å²) in [5.74, 6) is 1.39. The van der Waals surface area contributed by atoms with Crippen LogP contribution >= 0.6 is 27.5 Å². The van der Waals surface area contributed by atoms with Gasteiger partial charge in [-0.05, 0) is 55.5 Å². The molecule has 0 atom stereocenters. The highest BCUT2D eigenvalue weighted by atomic mass is 79.9. The third-order valence-electron chi connectivity index (χ3n) is 5.48. The molecule has 3 aromatic rings. The molecule has 156 valence electrons. The van der Waals surface area contributed by atoms with Gasteiger partial charge in [0.25, 0.3) is 5.91 Å². The van der Waals surface area contributed by atoms with Crippen molar-refractivity contribution in [3.63, 3.8) is 0 Å². The molecule has 0 radical (unpaired) electrons. The van der Waals surface area contributed by atoms with Gasteiger partial charge in [0.2, 0.25) is 5.13 Å². The molecule has 2 heterocycles. The van der Waals surface area contributed by atoms with Crippen molar-refractivity contribution in [3.8, 4) is 0 Å². The summed E-state index contributed by atoms with van der Waals surface area (Å²) in [6.45, 7) is 4.73. The first kappa shape index (κ1) is 21.0. The van der Waals surface area contributed by atoms with Crippen molar-refractivity contribution in [2.75, 3.05) is 24.5 Å². The smallest absolute Gasteiger partial charge is 0.251 e. The van der Waals surface area contributed by atoms with E-state index in [-0.39, 0.29) is 5.91 Å². The van der Waals surface area contributed by atoms with Crippen molar-refractivity contribution in [2.24, 2.45) is 5.92 Å². The van der Waals surface area contributed by atoms with Gasteiger partial charge in [-0.3, -0.25) is 4.79 Å². The number of benzene rings is 2. The fourth-order valence-corrected chi connectivity index (χ4v) is 4.60. The number of amides is 1. The van der Waals surface area contributed by atoms with Crippen LogP contribution in [-0.4, -0.2) is 34.9 Å². The van der Waals surface area contributed by atoms with Crippen LogP contribution in [0.25, 0.3) is 0 Å². The fourth-order valence-electron chi connectivity index (χ4n) is 3.60. The molecule has 0 bridgehead atoms. The maximum Gasteiger partial charge on any atom is 0.251 e. The molecule has 1 N–H and O–H groups in total. The molecule has 0 spiro atoms. The number of halogens is 1. The van der Waals surface area contributed by atoms with Gasteiger partial charge in [0.1, 0.15) is 5.82 Å². The minimum absolute atomic E-state index is 0.00481. The first-order valence-corrected chi connectivity index (χ1v) is 11.8. The van der Waals surface area contributed by atoms with Crippen LogP contribution < -0.4 is 10.2 Å². The van der Waals surface area contributed by atoms with Crippen molar-refractivity contribution in [3.05, 3.63) is 75.5 Å². The second-order valence-electron chi connectivity index (χ2n) is 7.80. The molecule has 1 aromatic heterocycles. The largest absolute Gasteiger partial charge is 0.352 e. The lowest BCUT2D eigenvalue weighted by atomic mass is 9.97. The number of hydrogen-bond acceptors (Lipinski definition) is 5. The van der Waals surface area contributed by atoms with E-state index in [0.29, 0.717) is 11.5 Å². The van der Waals surface area contributed by atoms with Crippen LogP contribution in [0.1, 0.15) is 40.2 Å². The van der Waals surface area contributed by atoms with Crippen molar-refractivity contribution in [1.82, 2.24) is 14.7 Å². The van der Waals surface area contributed by atoms with Crippen LogP contribution in [-0.2, 0) is 6.42 Å². The fraction of sp³-hybridized carbons (Fsp3) is 0.348. The van der Waals surface area contributed by atoms with Crippen LogP contribution in [0.2, 0.25) is 0 Å². The molecule has 1 saturated heterocycles. The molecule has 0 unspecified atom stereocenters. The molecule has 0 aliphatic carbocycles. The Morgan fingerprint density at radius 2 is 1.83 bits per heavy atom. The lowest BCUT2D eigenvalue weighted by molar-refractivity contribution is 0.0945. The third kappa shape index (κ3) is 5.46. The SMILES string of the molecule is Cc1ccc(Cc2nsc(N3CCC(CNC(=O)c4ccc(Br)cc4)CC3)n2)cc1. The Kier molecular flexibility index (Phi) is 6.79. The molecule has 1 aliphatic rings. The van der Waals surface area contributed by atoms with E-state index in [2.05, 4.69) is 61.7 Å². The Balaban J connectivity index is 1.24. The molecule has 7 heteroatoms. The number of anilines is 1. The average molecular weight is 485 g/mol. The highest BCUT2D eigenvalue weighted by Crippen LogP contribution is 2.25. The standard InChI is InChI=1S/C23H25BrN4OS/c1-16-2-4-17(5-3-16)14-21-26-23(30-27-21)28-12-10-18(11-13-28)15-25-22(29)19-6-8-20(24)9-7-19/h2-9,18H,10-15H2,1H3,(H,25,29). The van der Waals surface area contributed by atoms with E-state index in [4.69, 9.17) is 4.98 Å². The van der Waals surface area contributed by atoms with Gasteiger partial charge in [-0.15, -0.1) is 0 Å². The molecule has 1 fully saturated rings. The lowest BCUT2D eigenvalue weighted by Crippen LogP contribution is -2.38. The highest BCUT2D eigenvalue weighted by molar-refractivity contribution is 9.10. The number of hydrogen-bond donors (Lipinski definition) is 1. The third-order valence-corrected chi connectivity index (χ3v) is 6.83. The number of carbonyl (C=O) groups is 1. The summed E-state index contributed by atoms with van der Waals surface area (Å²) in [5.41, 5.74) is 3.21. The molecule has 5 nitrogen and oxygen atoms in total. The zero-order valence-electron chi connectivity index (χ0n) is 17.0. The maximum absolute atomic E-state index is 12.3. The summed E-state index contributed by atoms with van der Waals surface area (Å²) >= 11 is 4.88. The molecule has 0 saturated carbocycles. The first-order chi connectivity index (χ1) is 14.6.